The van der Waals surface area contributed by atoms with Crippen LogP contribution in [-0.2, 0) is 4.74 Å². The van der Waals surface area contributed by atoms with E-state index in [0.29, 0.717) is 0 Å². The van der Waals surface area contributed by atoms with Crippen molar-refractivity contribution in [2.75, 3.05) is 12.4 Å². The molecule has 106 valence electrons. The Morgan fingerprint density at radius 3 is 2.30 bits per heavy atom. The van der Waals surface area contributed by atoms with Crippen molar-refractivity contribution in [3.8, 4) is 5.75 Å². The summed E-state index contributed by atoms with van der Waals surface area (Å²) >= 11 is 3.54. The lowest BCUT2D eigenvalue weighted by Crippen LogP contribution is -2.10. The molecule has 2 aromatic carbocycles. The fraction of sp³-hybridized carbons (Fsp3) is 0.294. The summed E-state index contributed by atoms with van der Waals surface area (Å²) in [5.74, 6) is 0.859. The largest absolute Gasteiger partial charge is 0.496 e. The molecule has 2 unspecified atom stereocenters. The first-order valence-electron chi connectivity index (χ1n) is 6.65. The van der Waals surface area contributed by atoms with Gasteiger partial charge in [-0.05, 0) is 18.6 Å². The Morgan fingerprint density at radius 2 is 1.65 bits per heavy atom. The van der Waals surface area contributed by atoms with Crippen molar-refractivity contribution in [1.82, 2.24) is 0 Å². The summed E-state index contributed by atoms with van der Waals surface area (Å²) in [5, 5.41) is 0.727. The van der Waals surface area contributed by atoms with E-state index in [-0.39, 0.29) is 12.2 Å². The van der Waals surface area contributed by atoms with E-state index < -0.39 is 0 Å². The lowest BCUT2D eigenvalue weighted by atomic mass is 10.1. The van der Waals surface area contributed by atoms with Gasteiger partial charge < -0.3 is 9.47 Å². The second-order valence-corrected chi connectivity index (χ2v) is 5.22. The molecule has 0 spiro atoms. The third-order valence-corrected chi connectivity index (χ3v) is 3.85. The average Bonchev–Trinajstić information content (AvgIpc) is 2.53. The van der Waals surface area contributed by atoms with Crippen LogP contribution in [0.5, 0.6) is 5.75 Å². The van der Waals surface area contributed by atoms with E-state index >= 15 is 0 Å². The number of halogens is 1. The number of hydrogen-bond donors (Lipinski definition) is 0. The maximum Gasteiger partial charge on any atom is 0.124 e. The first-order valence-corrected chi connectivity index (χ1v) is 7.77. The SMILES string of the molecule is COc1ccccc1C(CBr)OC(C)c1ccccc1. The summed E-state index contributed by atoms with van der Waals surface area (Å²) in [6, 6.07) is 18.2. The van der Waals surface area contributed by atoms with Gasteiger partial charge in [0.2, 0.25) is 0 Å². The summed E-state index contributed by atoms with van der Waals surface area (Å²) in [7, 11) is 1.69. The second-order valence-electron chi connectivity index (χ2n) is 4.57. The average molecular weight is 335 g/mol. The molecular weight excluding hydrogens is 316 g/mol. The molecule has 0 aliphatic heterocycles. The third kappa shape index (κ3) is 3.62. The lowest BCUT2D eigenvalue weighted by Gasteiger charge is -2.23. The molecule has 0 bridgehead atoms. The van der Waals surface area contributed by atoms with Crippen LogP contribution in [0.15, 0.2) is 54.6 Å². The summed E-state index contributed by atoms with van der Waals surface area (Å²) < 4.78 is 11.6. The summed E-state index contributed by atoms with van der Waals surface area (Å²) in [5.41, 5.74) is 2.24. The monoisotopic (exact) mass is 334 g/mol. The molecule has 0 heterocycles. The van der Waals surface area contributed by atoms with Crippen LogP contribution in [0.4, 0.5) is 0 Å². The Labute approximate surface area is 128 Å². The smallest absolute Gasteiger partial charge is 0.124 e. The standard InChI is InChI=1S/C17H19BrO2/c1-13(14-8-4-3-5-9-14)20-17(12-18)15-10-6-7-11-16(15)19-2/h3-11,13,17H,12H2,1-2H3. The van der Waals surface area contributed by atoms with E-state index in [1.807, 2.05) is 42.5 Å². The molecule has 0 aliphatic rings. The molecule has 2 atom stereocenters. The number of methoxy groups -OCH3 is 1. The zero-order chi connectivity index (χ0) is 14.4. The molecule has 0 radical (unpaired) electrons. The molecule has 2 aromatic rings. The molecule has 0 saturated heterocycles. The van der Waals surface area contributed by atoms with Gasteiger partial charge in [-0.2, -0.15) is 0 Å². The van der Waals surface area contributed by atoms with Gasteiger partial charge >= 0.3 is 0 Å². The molecule has 0 aliphatic carbocycles. The van der Waals surface area contributed by atoms with E-state index in [9.17, 15) is 0 Å². The minimum Gasteiger partial charge on any atom is -0.496 e. The molecular formula is C17H19BrO2. The molecule has 2 nitrogen and oxygen atoms in total. The van der Waals surface area contributed by atoms with Gasteiger partial charge in [-0.1, -0.05) is 64.5 Å². The Morgan fingerprint density at radius 1 is 1.00 bits per heavy atom. The molecule has 3 heteroatoms. The van der Waals surface area contributed by atoms with E-state index in [0.717, 1.165) is 16.6 Å². The molecule has 0 aromatic heterocycles. The summed E-state index contributed by atoms with van der Waals surface area (Å²) in [6.45, 7) is 2.07. The molecule has 0 fully saturated rings. The third-order valence-electron chi connectivity index (χ3n) is 3.26. The van der Waals surface area contributed by atoms with Crippen molar-refractivity contribution < 1.29 is 9.47 Å². The van der Waals surface area contributed by atoms with Crippen molar-refractivity contribution in [3.05, 3.63) is 65.7 Å². The van der Waals surface area contributed by atoms with E-state index in [1.165, 1.54) is 5.56 Å². The van der Waals surface area contributed by atoms with E-state index in [1.54, 1.807) is 7.11 Å². The highest BCUT2D eigenvalue weighted by atomic mass is 79.9. The van der Waals surface area contributed by atoms with Gasteiger partial charge in [-0.3, -0.25) is 0 Å². The molecule has 0 saturated carbocycles. The van der Waals surface area contributed by atoms with Crippen LogP contribution in [0.25, 0.3) is 0 Å². The van der Waals surface area contributed by atoms with Crippen LogP contribution in [0, 0.1) is 0 Å². The number of alkyl halides is 1. The quantitative estimate of drug-likeness (QED) is 0.699. The maximum absolute atomic E-state index is 6.19. The molecule has 0 amide bonds. The van der Waals surface area contributed by atoms with Crippen molar-refractivity contribution in [2.24, 2.45) is 0 Å². The van der Waals surface area contributed by atoms with Gasteiger partial charge in [0.25, 0.3) is 0 Å². The predicted molar refractivity (Wildman–Crippen MR) is 85.5 cm³/mol. The van der Waals surface area contributed by atoms with E-state index in [2.05, 4.69) is 35.0 Å². The van der Waals surface area contributed by atoms with Gasteiger partial charge in [0.1, 0.15) is 5.75 Å². The first kappa shape index (κ1) is 15.1. The highest BCUT2D eigenvalue weighted by Gasteiger charge is 2.18. The van der Waals surface area contributed by atoms with Gasteiger partial charge in [0, 0.05) is 10.9 Å². The summed E-state index contributed by atoms with van der Waals surface area (Å²) in [6.07, 6.45) is -0.00924. The van der Waals surface area contributed by atoms with E-state index in [4.69, 9.17) is 9.47 Å². The minimum atomic E-state index is -0.0404. The Kier molecular flexibility index (Phi) is 5.62. The van der Waals surface area contributed by atoms with Crippen LogP contribution in [0.3, 0.4) is 0 Å². The fourth-order valence-electron chi connectivity index (χ4n) is 2.17. The fourth-order valence-corrected chi connectivity index (χ4v) is 2.68. The normalized spacial score (nSPS) is 13.8. The van der Waals surface area contributed by atoms with Gasteiger partial charge in [0.05, 0.1) is 19.3 Å². The lowest BCUT2D eigenvalue weighted by molar-refractivity contribution is 0.00818. The molecule has 0 N–H and O–H groups in total. The second kappa shape index (κ2) is 7.46. The van der Waals surface area contributed by atoms with Crippen LogP contribution in [-0.4, -0.2) is 12.4 Å². The predicted octanol–water partition coefficient (Wildman–Crippen LogP) is 4.91. The van der Waals surface area contributed by atoms with Crippen molar-refractivity contribution in [1.29, 1.82) is 0 Å². The minimum absolute atomic E-state index is 0.0312. The highest BCUT2D eigenvalue weighted by molar-refractivity contribution is 9.09. The number of benzene rings is 2. The van der Waals surface area contributed by atoms with Crippen molar-refractivity contribution in [3.63, 3.8) is 0 Å². The van der Waals surface area contributed by atoms with Crippen molar-refractivity contribution >= 4 is 15.9 Å². The maximum atomic E-state index is 6.19. The van der Waals surface area contributed by atoms with Crippen LogP contribution >= 0.6 is 15.9 Å². The van der Waals surface area contributed by atoms with Crippen LogP contribution in [0.1, 0.15) is 30.3 Å². The zero-order valence-corrected chi connectivity index (χ0v) is 13.3. The highest BCUT2D eigenvalue weighted by Crippen LogP contribution is 2.33. The van der Waals surface area contributed by atoms with Gasteiger partial charge in [-0.25, -0.2) is 0 Å². The first-order chi connectivity index (χ1) is 9.76. The number of para-hydroxylation sites is 1. The number of hydrogen-bond acceptors (Lipinski definition) is 2. The van der Waals surface area contributed by atoms with Gasteiger partial charge in [-0.15, -0.1) is 0 Å². The van der Waals surface area contributed by atoms with Gasteiger partial charge in [0.15, 0.2) is 0 Å². The summed E-state index contributed by atoms with van der Waals surface area (Å²) in [4.78, 5) is 0. The number of rotatable bonds is 6. The Hall–Kier alpha value is -1.32. The molecule has 2 rings (SSSR count). The van der Waals surface area contributed by atoms with Crippen LogP contribution < -0.4 is 4.74 Å². The molecule has 20 heavy (non-hydrogen) atoms. The van der Waals surface area contributed by atoms with Crippen molar-refractivity contribution in [2.45, 2.75) is 19.1 Å². The Bertz CT molecular complexity index is 528. The Balaban J connectivity index is 2.17. The topological polar surface area (TPSA) is 18.5 Å². The zero-order valence-electron chi connectivity index (χ0n) is 11.8. The van der Waals surface area contributed by atoms with Crippen LogP contribution in [0.2, 0.25) is 0 Å². The number of ether oxygens (including phenoxy) is 2.